The van der Waals surface area contributed by atoms with Crippen LogP contribution in [0.25, 0.3) is 0 Å². The highest BCUT2D eigenvalue weighted by atomic mass is 16.3. The molecule has 5 rings (SSSR count). The van der Waals surface area contributed by atoms with Crippen molar-refractivity contribution in [2.24, 2.45) is 11.8 Å². The summed E-state index contributed by atoms with van der Waals surface area (Å²) < 4.78 is 0. The van der Waals surface area contributed by atoms with Crippen LogP contribution < -0.4 is 10.2 Å². The first kappa shape index (κ1) is 24.0. The van der Waals surface area contributed by atoms with Crippen LogP contribution in [0, 0.1) is 11.8 Å². The zero-order valence-corrected chi connectivity index (χ0v) is 21.3. The van der Waals surface area contributed by atoms with Crippen molar-refractivity contribution in [2.45, 2.75) is 95.6 Å². The largest absolute Gasteiger partial charge is 0.393 e. The molecule has 0 spiro atoms. The van der Waals surface area contributed by atoms with Crippen molar-refractivity contribution in [1.29, 1.82) is 0 Å². The number of carbonyl (C=O) groups is 1. The van der Waals surface area contributed by atoms with E-state index in [2.05, 4.69) is 42.0 Å². The molecule has 1 aliphatic heterocycles. The molecule has 0 radical (unpaired) electrons. The fourth-order valence-corrected chi connectivity index (χ4v) is 5.64. The lowest BCUT2D eigenvalue weighted by Gasteiger charge is -2.40. The molecule has 1 amide bonds. The number of carbonyl (C=O) groups excluding carboxylic acids is 1. The van der Waals surface area contributed by atoms with Crippen LogP contribution in [0.15, 0.2) is 6.07 Å². The summed E-state index contributed by atoms with van der Waals surface area (Å²) in [6.45, 7) is 12.0. The number of hydrogen-bond donors (Lipinski definition) is 2. The zero-order chi connectivity index (χ0) is 23.9. The quantitative estimate of drug-likeness (QED) is 0.638. The lowest BCUT2D eigenvalue weighted by molar-refractivity contribution is -0.133. The maximum atomic E-state index is 12.1. The maximum absolute atomic E-state index is 12.1. The number of aliphatic hydroxyl groups is 1. The molecule has 7 heteroatoms. The number of aromatic nitrogens is 2. The van der Waals surface area contributed by atoms with Gasteiger partial charge in [0.15, 0.2) is 0 Å². The number of anilines is 1. The predicted octanol–water partition coefficient (Wildman–Crippen LogP) is 3.22. The lowest BCUT2D eigenvalue weighted by Crippen LogP contribution is -2.51. The molecule has 3 saturated carbocycles. The third-order valence-corrected chi connectivity index (χ3v) is 8.54. The molecule has 188 valence electrons. The Balaban J connectivity index is 1.06. The Bertz CT molecular complexity index is 860. The van der Waals surface area contributed by atoms with Crippen molar-refractivity contribution < 1.29 is 9.90 Å². The number of nitrogens with one attached hydrogen (secondary N) is 1. The van der Waals surface area contributed by atoms with E-state index in [9.17, 15) is 9.90 Å². The number of piperazine rings is 1. The van der Waals surface area contributed by atoms with E-state index in [1.54, 1.807) is 0 Å². The Morgan fingerprint density at radius 2 is 1.79 bits per heavy atom. The van der Waals surface area contributed by atoms with E-state index in [0.717, 1.165) is 63.1 Å². The molecular weight excluding hydrogens is 426 g/mol. The van der Waals surface area contributed by atoms with Crippen LogP contribution in [0.2, 0.25) is 0 Å². The highest BCUT2D eigenvalue weighted by Crippen LogP contribution is 2.37. The summed E-state index contributed by atoms with van der Waals surface area (Å²) in [5.41, 5.74) is 1.22. The summed E-state index contributed by atoms with van der Waals surface area (Å²) in [5, 5.41) is 12.6. The standard InChI is InChI=1S/C27H43N5O2/c1-27(2,3)26-29-23(19-5-4-6-19)17-24(30-26)32-11-9-31(10-12-32)8-7-18-13-21(14-18)28-25(34)20-15-22(33)16-20/h17-22,33H,4-16H2,1-3H3,(H,28,34)/t18-,20-,21+,22+. The SMILES string of the molecule is CC(C)(C)c1nc(C2CCC2)cc(N2CCN(CC[C@H]3C[C@@H](NC(=O)[C@H]4C[C@@H](O)C4)C3)CC2)n1. The molecule has 34 heavy (non-hydrogen) atoms. The summed E-state index contributed by atoms with van der Waals surface area (Å²) in [5.74, 6) is 3.67. The molecule has 0 bridgehead atoms. The fourth-order valence-electron chi connectivity index (χ4n) is 5.64. The molecule has 2 N–H and O–H groups in total. The Labute approximate surface area is 204 Å². The highest BCUT2D eigenvalue weighted by Gasteiger charge is 2.37. The minimum absolute atomic E-state index is 0.0322. The van der Waals surface area contributed by atoms with Gasteiger partial charge in [-0.25, -0.2) is 9.97 Å². The molecule has 4 fully saturated rings. The third-order valence-electron chi connectivity index (χ3n) is 8.54. The Hall–Kier alpha value is -1.73. The number of aliphatic hydroxyl groups excluding tert-OH is 1. The molecule has 0 atom stereocenters. The second-order valence-corrected chi connectivity index (χ2v) is 12.3. The topological polar surface area (TPSA) is 81.6 Å². The summed E-state index contributed by atoms with van der Waals surface area (Å²) in [7, 11) is 0. The molecule has 0 unspecified atom stereocenters. The van der Waals surface area contributed by atoms with Gasteiger partial charge in [-0.15, -0.1) is 0 Å². The van der Waals surface area contributed by atoms with Crippen molar-refractivity contribution >= 4 is 11.7 Å². The van der Waals surface area contributed by atoms with Gasteiger partial charge in [-0.1, -0.05) is 27.2 Å². The van der Waals surface area contributed by atoms with Crippen molar-refractivity contribution in [3.63, 3.8) is 0 Å². The molecule has 1 aromatic rings. The van der Waals surface area contributed by atoms with Crippen LogP contribution >= 0.6 is 0 Å². The van der Waals surface area contributed by atoms with Gasteiger partial charge in [-0.2, -0.15) is 0 Å². The third kappa shape index (κ3) is 5.40. The second kappa shape index (κ2) is 9.73. The Morgan fingerprint density at radius 1 is 1.09 bits per heavy atom. The van der Waals surface area contributed by atoms with Gasteiger partial charge in [0, 0.05) is 61.2 Å². The fraction of sp³-hybridized carbons (Fsp3) is 0.815. The van der Waals surface area contributed by atoms with Crippen LogP contribution in [0.4, 0.5) is 5.82 Å². The summed E-state index contributed by atoms with van der Waals surface area (Å²) in [4.78, 5) is 27.2. The van der Waals surface area contributed by atoms with Gasteiger partial charge in [0.05, 0.1) is 6.10 Å². The highest BCUT2D eigenvalue weighted by molar-refractivity contribution is 5.80. The Kier molecular flexibility index (Phi) is 6.86. The van der Waals surface area contributed by atoms with Gasteiger partial charge in [0.1, 0.15) is 11.6 Å². The van der Waals surface area contributed by atoms with Crippen LogP contribution in [0.1, 0.15) is 89.6 Å². The minimum Gasteiger partial charge on any atom is -0.393 e. The minimum atomic E-state index is -0.259. The van der Waals surface area contributed by atoms with E-state index in [-0.39, 0.29) is 23.3 Å². The van der Waals surface area contributed by atoms with Crippen molar-refractivity contribution in [2.75, 3.05) is 37.6 Å². The molecular formula is C27H43N5O2. The van der Waals surface area contributed by atoms with Gasteiger partial charge in [-0.3, -0.25) is 9.69 Å². The van der Waals surface area contributed by atoms with Crippen LogP contribution in [0.5, 0.6) is 0 Å². The van der Waals surface area contributed by atoms with E-state index in [4.69, 9.17) is 9.97 Å². The zero-order valence-electron chi connectivity index (χ0n) is 21.3. The molecule has 1 saturated heterocycles. The van der Waals surface area contributed by atoms with Gasteiger partial charge < -0.3 is 15.3 Å². The van der Waals surface area contributed by atoms with E-state index >= 15 is 0 Å². The molecule has 4 aliphatic rings. The number of amides is 1. The predicted molar refractivity (Wildman–Crippen MR) is 134 cm³/mol. The van der Waals surface area contributed by atoms with Crippen LogP contribution in [0.3, 0.4) is 0 Å². The first-order valence-corrected chi connectivity index (χ1v) is 13.6. The monoisotopic (exact) mass is 469 g/mol. The van der Waals surface area contributed by atoms with Crippen LogP contribution in [-0.2, 0) is 10.2 Å². The summed E-state index contributed by atoms with van der Waals surface area (Å²) in [6, 6.07) is 2.62. The van der Waals surface area contributed by atoms with Crippen LogP contribution in [-0.4, -0.2) is 70.8 Å². The van der Waals surface area contributed by atoms with Gasteiger partial charge in [0.2, 0.25) is 5.91 Å². The van der Waals surface area contributed by atoms with Crippen molar-refractivity contribution in [1.82, 2.24) is 20.2 Å². The summed E-state index contributed by atoms with van der Waals surface area (Å²) >= 11 is 0. The van der Waals surface area contributed by atoms with Gasteiger partial charge in [0.25, 0.3) is 0 Å². The normalized spacial score (nSPS) is 30.3. The molecule has 7 nitrogen and oxygen atoms in total. The van der Waals surface area contributed by atoms with Gasteiger partial charge >= 0.3 is 0 Å². The van der Waals surface area contributed by atoms with E-state index in [1.165, 1.54) is 31.4 Å². The van der Waals surface area contributed by atoms with E-state index in [1.807, 2.05) is 0 Å². The lowest BCUT2D eigenvalue weighted by atomic mass is 9.76. The second-order valence-electron chi connectivity index (χ2n) is 12.3. The van der Waals surface area contributed by atoms with Crippen molar-refractivity contribution in [3.8, 4) is 0 Å². The number of rotatable bonds is 7. The average Bonchev–Trinajstić information content (AvgIpc) is 2.71. The Morgan fingerprint density at radius 3 is 2.38 bits per heavy atom. The maximum Gasteiger partial charge on any atom is 0.223 e. The molecule has 2 heterocycles. The molecule has 3 aliphatic carbocycles. The molecule has 1 aromatic heterocycles. The van der Waals surface area contributed by atoms with Gasteiger partial charge in [-0.05, 0) is 57.4 Å². The van der Waals surface area contributed by atoms with Crippen molar-refractivity contribution in [3.05, 3.63) is 17.6 Å². The smallest absolute Gasteiger partial charge is 0.223 e. The number of hydrogen-bond acceptors (Lipinski definition) is 6. The average molecular weight is 470 g/mol. The first-order chi connectivity index (χ1) is 16.2. The first-order valence-electron chi connectivity index (χ1n) is 13.6. The molecule has 0 aromatic carbocycles. The summed E-state index contributed by atoms with van der Waals surface area (Å²) in [6.07, 6.45) is 8.33. The van der Waals surface area contributed by atoms with E-state index < -0.39 is 0 Å². The number of nitrogens with zero attached hydrogens (tertiary/aromatic N) is 4. The van der Waals surface area contributed by atoms with E-state index in [0.29, 0.717) is 24.8 Å².